The molecule has 2 N–H and O–H groups in total. The van der Waals surface area contributed by atoms with Crippen molar-refractivity contribution in [3.05, 3.63) is 33.8 Å². The van der Waals surface area contributed by atoms with Crippen LogP contribution in [-0.4, -0.2) is 18.3 Å². The predicted molar refractivity (Wildman–Crippen MR) is 64.4 cm³/mol. The van der Waals surface area contributed by atoms with Gasteiger partial charge in [-0.05, 0) is 18.1 Å². The van der Waals surface area contributed by atoms with Gasteiger partial charge in [0.2, 0.25) is 0 Å². The summed E-state index contributed by atoms with van der Waals surface area (Å²) in [7, 11) is 0. The lowest BCUT2D eigenvalue weighted by Crippen LogP contribution is -2.23. The van der Waals surface area contributed by atoms with Crippen LogP contribution >= 0.6 is 23.2 Å². The van der Waals surface area contributed by atoms with E-state index in [0.29, 0.717) is 16.6 Å². The lowest BCUT2D eigenvalue weighted by atomic mass is 10.2. The SMILES string of the molecule is CC(CO)CNCc1c(Cl)cccc1Cl. The summed E-state index contributed by atoms with van der Waals surface area (Å²) in [5, 5.41) is 13.4. The smallest absolute Gasteiger partial charge is 0.0468 e. The minimum atomic E-state index is 0.184. The van der Waals surface area contributed by atoms with Gasteiger partial charge in [0, 0.05) is 35.3 Å². The molecule has 1 rings (SSSR count). The fourth-order valence-corrected chi connectivity index (χ4v) is 1.74. The molecular weight excluding hydrogens is 233 g/mol. The van der Waals surface area contributed by atoms with E-state index >= 15 is 0 Å². The van der Waals surface area contributed by atoms with Gasteiger partial charge in [0.05, 0.1) is 0 Å². The lowest BCUT2D eigenvalue weighted by Gasteiger charge is -2.11. The summed E-state index contributed by atoms with van der Waals surface area (Å²) < 4.78 is 0. The maximum absolute atomic E-state index is 8.85. The molecule has 1 aromatic rings. The van der Waals surface area contributed by atoms with E-state index in [1.165, 1.54) is 0 Å². The average molecular weight is 248 g/mol. The molecule has 2 nitrogen and oxygen atoms in total. The van der Waals surface area contributed by atoms with Crippen molar-refractivity contribution in [1.29, 1.82) is 0 Å². The van der Waals surface area contributed by atoms with Crippen LogP contribution in [0.1, 0.15) is 12.5 Å². The zero-order chi connectivity index (χ0) is 11.3. The summed E-state index contributed by atoms with van der Waals surface area (Å²) in [6.07, 6.45) is 0. The monoisotopic (exact) mass is 247 g/mol. The van der Waals surface area contributed by atoms with E-state index in [2.05, 4.69) is 5.32 Å². The molecule has 0 fully saturated rings. The van der Waals surface area contributed by atoms with Crippen LogP contribution in [0, 0.1) is 5.92 Å². The molecule has 0 aliphatic carbocycles. The Hall–Kier alpha value is -0.280. The largest absolute Gasteiger partial charge is 0.396 e. The van der Waals surface area contributed by atoms with Crippen molar-refractivity contribution >= 4 is 23.2 Å². The highest BCUT2D eigenvalue weighted by molar-refractivity contribution is 6.35. The highest BCUT2D eigenvalue weighted by atomic mass is 35.5. The van der Waals surface area contributed by atoms with Crippen LogP contribution in [0.5, 0.6) is 0 Å². The van der Waals surface area contributed by atoms with E-state index < -0.39 is 0 Å². The molecule has 0 spiro atoms. The fraction of sp³-hybridized carbons (Fsp3) is 0.455. The first kappa shape index (κ1) is 12.8. The third-order valence-corrected chi connectivity index (χ3v) is 2.88. The van der Waals surface area contributed by atoms with Crippen LogP contribution in [0.2, 0.25) is 10.0 Å². The Labute approximate surface area is 100 Å². The standard InChI is InChI=1S/C11H15Cl2NO/c1-8(7-15)5-14-6-9-10(12)3-2-4-11(9)13/h2-4,8,14-15H,5-7H2,1H3. The summed E-state index contributed by atoms with van der Waals surface area (Å²) in [6.45, 7) is 3.53. The van der Waals surface area contributed by atoms with Crippen LogP contribution in [0.3, 0.4) is 0 Å². The molecule has 0 radical (unpaired) electrons. The first-order valence-electron chi connectivity index (χ1n) is 4.89. The Morgan fingerprint density at radius 3 is 2.47 bits per heavy atom. The van der Waals surface area contributed by atoms with Gasteiger partial charge in [-0.25, -0.2) is 0 Å². The molecule has 1 aromatic carbocycles. The molecule has 1 atom stereocenters. The molecule has 0 amide bonds. The Morgan fingerprint density at radius 2 is 1.93 bits per heavy atom. The fourth-order valence-electron chi connectivity index (χ4n) is 1.21. The van der Waals surface area contributed by atoms with Gasteiger partial charge in [0.25, 0.3) is 0 Å². The van der Waals surface area contributed by atoms with Gasteiger partial charge in [-0.15, -0.1) is 0 Å². The second-order valence-corrected chi connectivity index (χ2v) is 4.43. The normalized spacial score (nSPS) is 12.8. The number of benzene rings is 1. The highest BCUT2D eigenvalue weighted by Crippen LogP contribution is 2.23. The van der Waals surface area contributed by atoms with Crippen molar-refractivity contribution < 1.29 is 5.11 Å². The van der Waals surface area contributed by atoms with Crippen LogP contribution in [0.4, 0.5) is 0 Å². The number of halogens is 2. The molecule has 0 aromatic heterocycles. The summed E-state index contributed by atoms with van der Waals surface area (Å²) in [5.41, 5.74) is 0.908. The van der Waals surface area contributed by atoms with E-state index in [-0.39, 0.29) is 12.5 Å². The van der Waals surface area contributed by atoms with Crippen molar-refractivity contribution in [2.24, 2.45) is 5.92 Å². The van der Waals surface area contributed by atoms with Crippen LogP contribution < -0.4 is 5.32 Å². The van der Waals surface area contributed by atoms with E-state index in [9.17, 15) is 0 Å². The maximum atomic E-state index is 8.85. The molecule has 0 heterocycles. The number of hydrogen-bond acceptors (Lipinski definition) is 2. The first-order valence-corrected chi connectivity index (χ1v) is 5.65. The molecule has 0 saturated carbocycles. The molecule has 4 heteroatoms. The molecule has 15 heavy (non-hydrogen) atoms. The second kappa shape index (κ2) is 6.33. The number of aliphatic hydroxyl groups excluding tert-OH is 1. The van der Waals surface area contributed by atoms with E-state index in [1.54, 1.807) is 0 Å². The Bertz CT molecular complexity index is 297. The zero-order valence-corrected chi connectivity index (χ0v) is 10.1. The van der Waals surface area contributed by atoms with Gasteiger partial charge in [0.15, 0.2) is 0 Å². The minimum absolute atomic E-state index is 0.184. The van der Waals surface area contributed by atoms with E-state index in [1.807, 2.05) is 25.1 Å². The first-order chi connectivity index (χ1) is 7.15. The molecule has 0 aliphatic heterocycles. The minimum Gasteiger partial charge on any atom is -0.396 e. The zero-order valence-electron chi connectivity index (χ0n) is 8.63. The van der Waals surface area contributed by atoms with Crippen LogP contribution in [0.15, 0.2) is 18.2 Å². The highest BCUT2D eigenvalue weighted by Gasteiger charge is 2.05. The predicted octanol–water partition coefficient (Wildman–Crippen LogP) is 2.71. The lowest BCUT2D eigenvalue weighted by molar-refractivity contribution is 0.233. The third-order valence-electron chi connectivity index (χ3n) is 2.17. The number of aliphatic hydroxyl groups is 1. The quantitative estimate of drug-likeness (QED) is 0.839. The van der Waals surface area contributed by atoms with Crippen molar-refractivity contribution in [1.82, 2.24) is 5.32 Å². The average Bonchev–Trinajstić information content (AvgIpc) is 2.22. The van der Waals surface area contributed by atoms with Crippen molar-refractivity contribution in [2.75, 3.05) is 13.2 Å². The van der Waals surface area contributed by atoms with Crippen LogP contribution in [0.25, 0.3) is 0 Å². The molecule has 84 valence electrons. The summed E-state index contributed by atoms with van der Waals surface area (Å²) in [6, 6.07) is 5.46. The van der Waals surface area contributed by atoms with Gasteiger partial charge in [0.1, 0.15) is 0 Å². The molecular formula is C11H15Cl2NO. The second-order valence-electron chi connectivity index (χ2n) is 3.62. The maximum Gasteiger partial charge on any atom is 0.0468 e. The molecule has 0 bridgehead atoms. The Kier molecular flexibility index (Phi) is 5.40. The molecule has 0 saturated heterocycles. The summed E-state index contributed by atoms with van der Waals surface area (Å²) in [5.74, 6) is 0.242. The molecule has 1 unspecified atom stereocenters. The van der Waals surface area contributed by atoms with Gasteiger partial charge in [-0.3, -0.25) is 0 Å². The number of hydrogen-bond donors (Lipinski definition) is 2. The van der Waals surface area contributed by atoms with Crippen molar-refractivity contribution in [3.63, 3.8) is 0 Å². The number of nitrogens with one attached hydrogen (secondary N) is 1. The summed E-state index contributed by atoms with van der Waals surface area (Å²) in [4.78, 5) is 0. The van der Waals surface area contributed by atoms with Crippen molar-refractivity contribution in [3.8, 4) is 0 Å². The Balaban J connectivity index is 2.50. The summed E-state index contributed by atoms with van der Waals surface area (Å²) >= 11 is 12.0. The number of rotatable bonds is 5. The van der Waals surface area contributed by atoms with E-state index in [4.69, 9.17) is 28.3 Å². The van der Waals surface area contributed by atoms with Gasteiger partial charge < -0.3 is 10.4 Å². The van der Waals surface area contributed by atoms with E-state index in [0.717, 1.165) is 12.1 Å². The topological polar surface area (TPSA) is 32.3 Å². The van der Waals surface area contributed by atoms with Crippen molar-refractivity contribution in [2.45, 2.75) is 13.5 Å². The van der Waals surface area contributed by atoms with Crippen LogP contribution in [-0.2, 0) is 6.54 Å². The third kappa shape index (κ3) is 3.99. The Morgan fingerprint density at radius 1 is 1.33 bits per heavy atom. The van der Waals surface area contributed by atoms with Gasteiger partial charge in [-0.2, -0.15) is 0 Å². The van der Waals surface area contributed by atoms with Gasteiger partial charge in [-0.1, -0.05) is 36.2 Å². The van der Waals surface area contributed by atoms with Gasteiger partial charge >= 0.3 is 0 Å². The molecule has 0 aliphatic rings.